The third-order valence-corrected chi connectivity index (χ3v) is 6.90. The first-order valence-electron chi connectivity index (χ1n) is 13.6. The number of hydrogen-bond acceptors (Lipinski definition) is 6. The minimum absolute atomic E-state index is 0.00340. The molecule has 1 heterocycles. The van der Waals surface area contributed by atoms with E-state index < -0.39 is 6.16 Å². The van der Waals surface area contributed by atoms with Crippen molar-refractivity contribution >= 4 is 6.16 Å². The number of ether oxygens (including phenoxy) is 5. The minimum atomic E-state index is -0.686. The van der Waals surface area contributed by atoms with Crippen LogP contribution in [0.2, 0.25) is 0 Å². The van der Waals surface area contributed by atoms with Crippen molar-refractivity contribution in [1.29, 1.82) is 0 Å². The molecule has 2 aromatic rings. The summed E-state index contributed by atoms with van der Waals surface area (Å²) in [5.74, 6) is 0.00340. The number of benzene rings is 2. The topological polar surface area (TPSA) is 63.2 Å². The minimum Gasteiger partial charge on any atom is -0.433 e. The normalized spacial score (nSPS) is 17.9. The Morgan fingerprint density at radius 1 is 0.917 bits per heavy atom. The lowest BCUT2D eigenvalue weighted by Crippen LogP contribution is -2.34. The van der Waals surface area contributed by atoms with Gasteiger partial charge in [-0.1, -0.05) is 81.1 Å². The van der Waals surface area contributed by atoms with Crippen molar-refractivity contribution in [3.05, 3.63) is 59.7 Å². The van der Waals surface area contributed by atoms with Crippen molar-refractivity contribution in [2.45, 2.75) is 76.6 Å². The fraction of sp³-hybridized carbons (Fsp3) is 0.567. The Balaban J connectivity index is 1.25. The maximum absolute atomic E-state index is 12.5. The van der Waals surface area contributed by atoms with Crippen molar-refractivity contribution in [3.63, 3.8) is 0 Å². The Kier molecular flexibility index (Phi) is 10.6. The maximum atomic E-state index is 12.5. The molecule has 2 atom stereocenters. The first-order valence-corrected chi connectivity index (χ1v) is 13.6. The maximum Gasteiger partial charge on any atom is 0.508 e. The molecule has 0 saturated carbocycles. The number of carbonyl (C=O) groups is 1. The second kappa shape index (κ2) is 14.4. The van der Waals surface area contributed by atoms with Crippen molar-refractivity contribution in [2.24, 2.45) is 0 Å². The van der Waals surface area contributed by atoms with Gasteiger partial charge in [0.05, 0.1) is 6.61 Å². The summed E-state index contributed by atoms with van der Waals surface area (Å²) in [6.45, 7) is 4.26. The van der Waals surface area contributed by atoms with Crippen LogP contribution < -0.4 is 0 Å². The average Bonchev–Trinajstić information content (AvgIpc) is 3.24. The first-order chi connectivity index (χ1) is 17.8. The van der Waals surface area contributed by atoms with Gasteiger partial charge >= 0.3 is 6.16 Å². The first kappa shape index (κ1) is 26.6. The van der Waals surface area contributed by atoms with Gasteiger partial charge in [-0.2, -0.15) is 0 Å². The lowest BCUT2D eigenvalue weighted by atomic mass is 9.98. The summed E-state index contributed by atoms with van der Waals surface area (Å²) >= 11 is 0. The Morgan fingerprint density at radius 2 is 1.64 bits per heavy atom. The lowest BCUT2D eigenvalue weighted by Gasteiger charge is -2.27. The van der Waals surface area contributed by atoms with Crippen LogP contribution in [0.15, 0.2) is 48.5 Å². The molecule has 1 aliphatic heterocycles. The van der Waals surface area contributed by atoms with Gasteiger partial charge < -0.3 is 23.7 Å². The Bertz CT molecular complexity index is 893. The van der Waals surface area contributed by atoms with Crippen LogP contribution in [0, 0.1) is 0 Å². The second-order valence-electron chi connectivity index (χ2n) is 9.64. The van der Waals surface area contributed by atoms with Gasteiger partial charge in [-0.25, -0.2) is 4.79 Å². The van der Waals surface area contributed by atoms with Gasteiger partial charge in [0.1, 0.15) is 19.3 Å². The zero-order valence-corrected chi connectivity index (χ0v) is 21.5. The molecule has 4 rings (SSSR count). The molecule has 0 bridgehead atoms. The number of fused-ring (bicyclic) bond motifs is 3. The van der Waals surface area contributed by atoms with Gasteiger partial charge in [0.2, 0.25) is 0 Å². The largest absolute Gasteiger partial charge is 0.508 e. The number of carbonyl (C=O) groups excluding carboxylic acids is 1. The van der Waals surface area contributed by atoms with Gasteiger partial charge in [-0.05, 0) is 47.9 Å². The van der Waals surface area contributed by atoms with Gasteiger partial charge in [0.15, 0.2) is 6.29 Å². The molecule has 0 aromatic heterocycles. The standard InChI is InChI=1S/C30H40O6/c1-2-3-4-5-11-18-32-20-23(36-29-17-10-12-19-33-29)21-34-30(31)35-22-28-26-15-8-6-13-24(26)25-14-7-9-16-27(25)28/h6-9,13-16,23,28-29H,2-5,10-12,17-22H2,1H3. The molecular weight excluding hydrogens is 456 g/mol. The van der Waals surface area contributed by atoms with E-state index in [4.69, 9.17) is 23.7 Å². The van der Waals surface area contributed by atoms with Crippen LogP contribution in [0.3, 0.4) is 0 Å². The molecule has 1 aliphatic carbocycles. The Morgan fingerprint density at radius 3 is 2.33 bits per heavy atom. The molecule has 0 spiro atoms. The third kappa shape index (κ3) is 7.55. The van der Waals surface area contributed by atoms with Crippen LogP contribution in [-0.4, -0.2) is 51.6 Å². The van der Waals surface area contributed by atoms with Crippen molar-refractivity contribution in [3.8, 4) is 11.1 Å². The molecule has 2 aromatic carbocycles. The van der Waals surface area contributed by atoms with Gasteiger partial charge in [-0.3, -0.25) is 0 Å². The predicted molar refractivity (Wildman–Crippen MR) is 139 cm³/mol. The molecule has 1 saturated heterocycles. The zero-order valence-electron chi connectivity index (χ0n) is 21.5. The van der Waals surface area contributed by atoms with E-state index >= 15 is 0 Å². The summed E-state index contributed by atoms with van der Waals surface area (Å²) in [6, 6.07) is 16.6. The molecule has 6 heteroatoms. The van der Waals surface area contributed by atoms with E-state index in [0.29, 0.717) is 19.8 Å². The molecule has 6 nitrogen and oxygen atoms in total. The quantitative estimate of drug-likeness (QED) is 0.210. The zero-order chi connectivity index (χ0) is 25.0. The van der Waals surface area contributed by atoms with Crippen LogP contribution >= 0.6 is 0 Å². The predicted octanol–water partition coefficient (Wildman–Crippen LogP) is 6.85. The van der Waals surface area contributed by atoms with E-state index in [1.165, 1.54) is 47.9 Å². The molecule has 0 N–H and O–H groups in total. The lowest BCUT2D eigenvalue weighted by molar-refractivity contribution is -0.205. The highest BCUT2D eigenvalue weighted by Gasteiger charge is 2.29. The summed E-state index contributed by atoms with van der Waals surface area (Å²) in [6.07, 6.45) is 7.55. The highest BCUT2D eigenvalue weighted by atomic mass is 16.7. The third-order valence-electron chi connectivity index (χ3n) is 6.90. The fourth-order valence-electron chi connectivity index (χ4n) is 4.98. The highest BCUT2D eigenvalue weighted by molar-refractivity contribution is 5.78. The molecule has 36 heavy (non-hydrogen) atoms. The van der Waals surface area contributed by atoms with Crippen LogP contribution in [0.1, 0.15) is 75.3 Å². The number of unbranched alkanes of at least 4 members (excludes halogenated alkanes) is 4. The van der Waals surface area contributed by atoms with Gasteiger partial charge in [-0.15, -0.1) is 0 Å². The highest BCUT2D eigenvalue weighted by Crippen LogP contribution is 2.44. The smallest absolute Gasteiger partial charge is 0.433 e. The summed E-state index contributed by atoms with van der Waals surface area (Å²) in [5.41, 5.74) is 4.75. The number of hydrogen-bond donors (Lipinski definition) is 0. The van der Waals surface area contributed by atoms with Crippen LogP contribution in [-0.2, 0) is 23.7 Å². The molecule has 0 radical (unpaired) electrons. The monoisotopic (exact) mass is 496 g/mol. The van der Waals surface area contributed by atoms with Crippen molar-refractivity contribution in [2.75, 3.05) is 33.0 Å². The van der Waals surface area contributed by atoms with Crippen molar-refractivity contribution < 1.29 is 28.5 Å². The van der Waals surface area contributed by atoms with E-state index in [9.17, 15) is 4.79 Å². The molecular formula is C30H40O6. The molecule has 0 amide bonds. The van der Waals surface area contributed by atoms with Gasteiger partial charge in [0.25, 0.3) is 0 Å². The summed E-state index contributed by atoms with van der Waals surface area (Å²) < 4.78 is 28.7. The van der Waals surface area contributed by atoms with E-state index in [0.717, 1.165) is 25.7 Å². The van der Waals surface area contributed by atoms with E-state index in [1.54, 1.807) is 0 Å². The van der Waals surface area contributed by atoms with E-state index in [-0.39, 0.29) is 31.5 Å². The second-order valence-corrected chi connectivity index (χ2v) is 9.64. The van der Waals surface area contributed by atoms with E-state index in [2.05, 4.69) is 31.2 Å². The summed E-state index contributed by atoms with van der Waals surface area (Å²) in [7, 11) is 0. The molecule has 1 fully saturated rings. The molecule has 2 unspecified atom stereocenters. The SMILES string of the molecule is CCCCCCCOCC(COC(=O)OCC1c2ccccc2-c2ccccc21)OC1CCCCO1. The summed E-state index contributed by atoms with van der Waals surface area (Å²) in [4.78, 5) is 12.5. The average molecular weight is 497 g/mol. The van der Waals surface area contributed by atoms with Crippen LogP contribution in [0.4, 0.5) is 4.79 Å². The van der Waals surface area contributed by atoms with E-state index in [1.807, 2.05) is 24.3 Å². The van der Waals surface area contributed by atoms with Crippen molar-refractivity contribution in [1.82, 2.24) is 0 Å². The fourth-order valence-corrected chi connectivity index (χ4v) is 4.98. The van der Waals surface area contributed by atoms with Gasteiger partial charge in [0, 0.05) is 19.1 Å². The Labute approximate surface area is 215 Å². The molecule has 196 valence electrons. The van der Waals surface area contributed by atoms with Crippen LogP contribution in [0.5, 0.6) is 0 Å². The summed E-state index contributed by atoms with van der Waals surface area (Å²) in [5, 5.41) is 0. The van der Waals surface area contributed by atoms with Crippen LogP contribution in [0.25, 0.3) is 11.1 Å². The molecule has 2 aliphatic rings. The Hall–Kier alpha value is -2.41. The number of rotatable bonds is 14.